The van der Waals surface area contributed by atoms with E-state index >= 15 is 0 Å². The van der Waals surface area contributed by atoms with Crippen molar-refractivity contribution in [2.24, 2.45) is 0 Å². The van der Waals surface area contributed by atoms with E-state index < -0.39 is 0 Å². The highest BCUT2D eigenvalue weighted by molar-refractivity contribution is 6.33. The van der Waals surface area contributed by atoms with E-state index in [1.54, 1.807) is 0 Å². The topological polar surface area (TPSA) is 29.1 Å². The molecule has 1 unspecified atom stereocenters. The van der Waals surface area contributed by atoms with Gasteiger partial charge in [-0.1, -0.05) is 120 Å². The van der Waals surface area contributed by atoms with Crippen molar-refractivity contribution in [3.63, 3.8) is 0 Å². The summed E-state index contributed by atoms with van der Waals surface area (Å²) in [6.45, 7) is 2.06. The summed E-state index contributed by atoms with van der Waals surface area (Å²) in [6, 6.07) is 35.2. The monoisotopic (exact) mass is 437 g/mol. The van der Waals surface area contributed by atoms with E-state index in [0.29, 0.717) is 10.6 Å². The number of benzene rings is 4. The Morgan fingerprint density at radius 2 is 1.31 bits per heavy atom. The molecule has 0 fully saturated rings. The third-order valence-corrected chi connectivity index (χ3v) is 5.70. The first-order valence-corrected chi connectivity index (χ1v) is 10.9. The molecule has 158 valence electrons. The molecule has 0 spiro atoms. The molecule has 4 aromatic rings. The zero-order valence-electron chi connectivity index (χ0n) is 17.8. The van der Waals surface area contributed by atoms with Gasteiger partial charge in [-0.3, -0.25) is 4.79 Å². The van der Waals surface area contributed by atoms with E-state index in [2.05, 4.69) is 36.5 Å². The highest BCUT2D eigenvalue weighted by Gasteiger charge is 2.20. The first kappa shape index (κ1) is 21.6. The standard InChI is InChI=1S/C29H24ClNO/c1-21-16-18-24(19-17-21)28(23-12-6-3-7-13-23)31-29(32)26(22-10-4-2-5-11-22)20-25-14-8-9-15-27(25)30/h2-20,28H,1H3,(H,31,32)/b26-20+. The van der Waals surface area contributed by atoms with Gasteiger partial charge in [-0.15, -0.1) is 0 Å². The van der Waals surface area contributed by atoms with Crippen molar-refractivity contribution < 1.29 is 4.79 Å². The van der Waals surface area contributed by atoms with E-state index in [9.17, 15) is 4.79 Å². The third kappa shape index (κ3) is 5.16. The van der Waals surface area contributed by atoms with Crippen molar-refractivity contribution in [2.45, 2.75) is 13.0 Å². The van der Waals surface area contributed by atoms with Crippen LogP contribution in [0.2, 0.25) is 5.02 Å². The Balaban J connectivity index is 1.75. The van der Waals surface area contributed by atoms with Gasteiger partial charge in [0, 0.05) is 10.6 Å². The minimum atomic E-state index is -0.275. The fourth-order valence-corrected chi connectivity index (χ4v) is 3.81. The number of carbonyl (C=O) groups excluding carboxylic acids is 1. The van der Waals surface area contributed by atoms with Crippen LogP contribution in [0.25, 0.3) is 11.6 Å². The van der Waals surface area contributed by atoms with Crippen LogP contribution in [0, 0.1) is 6.92 Å². The third-order valence-electron chi connectivity index (χ3n) is 5.35. The lowest BCUT2D eigenvalue weighted by molar-refractivity contribution is -0.116. The lowest BCUT2D eigenvalue weighted by atomic mass is 9.96. The molecule has 4 rings (SSSR count). The van der Waals surface area contributed by atoms with Gasteiger partial charge < -0.3 is 5.32 Å². The minimum absolute atomic E-state index is 0.162. The number of carbonyl (C=O) groups is 1. The predicted molar refractivity (Wildman–Crippen MR) is 133 cm³/mol. The number of rotatable bonds is 6. The summed E-state index contributed by atoms with van der Waals surface area (Å²) in [5.74, 6) is -0.162. The van der Waals surface area contributed by atoms with Crippen LogP contribution in [0.5, 0.6) is 0 Å². The maximum absolute atomic E-state index is 13.7. The molecule has 2 nitrogen and oxygen atoms in total. The Hall–Kier alpha value is -3.62. The normalized spacial score (nSPS) is 12.2. The van der Waals surface area contributed by atoms with Crippen LogP contribution >= 0.6 is 11.6 Å². The van der Waals surface area contributed by atoms with Crippen LogP contribution < -0.4 is 5.32 Å². The van der Waals surface area contributed by atoms with E-state index in [1.807, 2.05) is 91.0 Å². The fourth-order valence-electron chi connectivity index (χ4n) is 3.62. The highest BCUT2D eigenvalue weighted by atomic mass is 35.5. The molecule has 1 N–H and O–H groups in total. The second-order valence-electron chi connectivity index (χ2n) is 7.67. The molecule has 0 aromatic heterocycles. The smallest absolute Gasteiger partial charge is 0.252 e. The molecular formula is C29H24ClNO. The number of nitrogens with one attached hydrogen (secondary N) is 1. The highest BCUT2D eigenvalue weighted by Crippen LogP contribution is 2.27. The number of hydrogen-bond acceptors (Lipinski definition) is 1. The van der Waals surface area contributed by atoms with Gasteiger partial charge in [0.25, 0.3) is 5.91 Å². The van der Waals surface area contributed by atoms with Gasteiger partial charge in [0.2, 0.25) is 0 Å². The van der Waals surface area contributed by atoms with Gasteiger partial charge in [-0.05, 0) is 41.3 Å². The first-order valence-electron chi connectivity index (χ1n) is 10.6. The second kappa shape index (κ2) is 10.1. The Kier molecular flexibility index (Phi) is 6.84. The molecule has 1 amide bonds. The molecule has 0 bridgehead atoms. The van der Waals surface area contributed by atoms with Crippen LogP contribution in [0.4, 0.5) is 0 Å². The van der Waals surface area contributed by atoms with Crippen molar-refractivity contribution in [1.29, 1.82) is 0 Å². The number of hydrogen-bond donors (Lipinski definition) is 1. The van der Waals surface area contributed by atoms with Gasteiger partial charge >= 0.3 is 0 Å². The summed E-state index contributed by atoms with van der Waals surface area (Å²) < 4.78 is 0. The molecule has 0 aliphatic heterocycles. The number of amides is 1. The number of aryl methyl sites for hydroxylation is 1. The van der Waals surface area contributed by atoms with Crippen LogP contribution in [0.15, 0.2) is 109 Å². The maximum atomic E-state index is 13.7. The van der Waals surface area contributed by atoms with E-state index in [4.69, 9.17) is 11.6 Å². The molecule has 32 heavy (non-hydrogen) atoms. The Morgan fingerprint density at radius 3 is 1.97 bits per heavy atom. The Bertz CT molecular complexity index is 1220. The van der Waals surface area contributed by atoms with Crippen molar-refractivity contribution in [3.8, 4) is 0 Å². The average Bonchev–Trinajstić information content (AvgIpc) is 2.83. The zero-order chi connectivity index (χ0) is 22.3. The molecule has 0 aliphatic carbocycles. The van der Waals surface area contributed by atoms with Crippen molar-refractivity contribution in [2.75, 3.05) is 0 Å². The molecule has 0 saturated heterocycles. The van der Waals surface area contributed by atoms with Gasteiger partial charge in [0.15, 0.2) is 0 Å². The summed E-state index contributed by atoms with van der Waals surface area (Å²) in [5.41, 5.74) is 5.42. The SMILES string of the molecule is Cc1ccc(C(NC(=O)/C(=C/c2ccccc2Cl)c2ccccc2)c2ccccc2)cc1. The van der Waals surface area contributed by atoms with Gasteiger partial charge in [-0.2, -0.15) is 0 Å². The van der Waals surface area contributed by atoms with Crippen LogP contribution in [-0.2, 0) is 4.79 Å². The average molecular weight is 438 g/mol. The van der Waals surface area contributed by atoms with Crippen molar-refractivity contribution >= 4 is 29.2 Å². The Morgan fingerprint density at radius 1 is 0.750 bits per heavy atom. The van der Waals surface area contributed by atoms with Crippen LogP contribution in [-0.4, -0.2) is 5.91 Å². The van der Waals surface area contributed by atoms with Gasteiger partial charge in [-0.25, -0.2) is 0 Å². The lowest BCUT2D eigenvalue weighted by Gasteiger charge is -2.21. The molecule has 4 aromatic carbocycles. The van der Waals surface area contributed by atoms with E-state index in [-0.39, 0.29) is 11.9 Å². The fraction of sp³-hybridized carbons (Fsp3) is 0.0690. The molecule has 3 heteroatoms. The minimum Gasteiger partial charge on any atom is -0.341 e. The van der Waals surface area contributed by atoms with Crippen molar-refractivity contribution in [3.05, 3.63) is 142 Å². The quantitative estimate of drug-likeness (QED) is 0.253. The zero-order valence-corrected chi connectivity index (χ0v) is 18.6. The molecule has 0 aliphatic rings. The maximum Gasteiger partial charge on any atom is 0.252 e. The van der Waals surface area contributed by atoms with Gasteiger partial charge in [0.05, 0.1) is 6.04 Å². The molecule has 0 heterocycles. The summed E-state index contributed by atoms with van der Waals surface area (Å²) in [6.07, 6.45) is 1.85. The van der Waals surface area contributed by atoms with Gasteiger partial charge in [0.1, 0.15) is 0 Å². The summed E-state index contributed by atoms with van der Waals surface area (Å²) in [7, 11) is 0. The largest absolute Gasteiger partial charge is 0.341 e. The van der Waals surface area contributed by atoms with E-state index in [0.717, 1.165) is 22.3 Å². The lowest BCUT2D eigenvalue weighted by Crippen LogP contribution is -2.30. The summed E-state index contributed by atoms with van der Waals surface area (Å²) in [5, 5.41) is 3.86. The molecule has 0 saturated carbocycles. The number of halogens is 1. The van der Waals surface area contributed by atoms with Crippen LogP contribution in [0.3, 0.4) is 0 Å². The van der Waals surface area contributed by atoms with E-state index in [1.165, 1.54) is 5.56 Å². The Labute approximate surface area is 194 Å². The molecule has 0 radical (unpaired) electrons. The molecule has 1 atom stereocenters. The van der Waals surface area contributed by atoms with Crippen molar-refractivity contribution in [1.82, 2.24) is 5.32 Å². The molecular weight excluding hydrogens is 414 g/mol. The first-order chi connectivity index (χ1) is 15.6. The summed E-state index contributed by atoms with van der Waals surface area (Å²) in [4.78, 5) is 13.7. The predicted octanol–water partition coefficient (Wildman–Crippen LogP) is 7.09. The second-order valence-corrected chi connectivity index (χ2v) is 8.08. The van der Waals surface area contributed by atoms with Crippen LogP contribution in [0.1, 0.15) is 33.9 Å². The summed E-state index contributed by atoms with van der Waals surface area (Å²) >= 11 is 6.40.